The maximum atomic E-state index is 14.6. The molecule has 1 N–H and O–H groups in total. The van der Waals surface area contributed by atoms with Crippen LogP contribution in [0.25, 0.3) is 0 Å². The standard InChI is InChI=1S/C30H46N2O6/c1-19(2)16-20(17-33)32-24-26(35)31(29(6,7)18-28(3,4)5)14-11-13-30(24)23(25(32)34)22-21(38-30)12-9-8-10-15-37-27(22)36/h9,11-13,19-24,33H,8,10,14-18H2,1-7H3/b12-9-/t20-,21-,22+,23+,24?,30+/m1/s1. The monoisotopic (exact) mass is 530 g/mol. The number of nitrogens with zero attached hydrogens (tertiary/aromatic N) is 2. The van der Waals surface area contributed by atoms with Crippen LogP contribution >= 0.6 is 0 Å². The Morgan fingerprint density at radius 2 is 1.82 bits per heavy atom. The average molecular weight is 531 g/mol. The first-order chi connectivity index (χ1) is 17.7. The first kappa shape index (κ1) is 28.8. The lowest BCUT2D eigenvalue weighted by Gasteiger charge is -2.45. The first-order valence-corrected chi connectivity index (χ1v) is 14.2. The molecule has 2 amide bonds. The number of fused-ring (bicyclic) bond motifs is 2. The van der Waals surface area contributed by atoms with Crippen molar-refractivity contribution < 1.29 is 29.0 Å². The fourth-order valence-electron chi connectivity index (χ4n) is 7.34. The van der Waals surface area contributed by atoms with E-state index in [1.807, 2.05) is 43.1 Å². The summed E-state index contributed by atoms with van der Waals surface area (Å²) in [5.74, 6) is -2.55. The minimum Gasteiger partial charge on any atom is -0.465 e. The van der Waals surface area contributed by atoms with Crippen molar-refractivity contribution >= 4 is 17.8 Å². The van der Waals surface area contributed by atoms with Crippen LogP contribution in [-0.4, -0.2) is 81.8 Å². The summed E-state index contributed by atoms with van der Waals surface area (Å²) in [5.41, 5.74) is -1.84. The number of rotatable bonds is 6. The van der Waals surface area contributed by atoms with Gasteiger partial charge in [0, 0.05) is 12.1 Å². The summed E-state index contributed by atoms with van der Waals surface area (Å²) in [5, 5.41) is 10.5. The second-order valence-electron chi connectivity index (χ2n) is 13.7. The van der Waals surface area contributed by atoms with Crippen LogP contribution in [0, 0.1) is 23.2 Å². The van der Waals surface area contributed by atoms with Crippen molar-refractivity contribution in [2.45, 2.75) is 103 Å². The molecule has 8 heteroatoms. The number of carbonyl (C=O) groups is 3. The smallest absolute Gasteiger partial charge is 0.312 e. The molecular formula is C30H46N2O6. The Morgan fingerprint density at radius 3 is 2.45 bits per heavy atom. The summed E-state index contributed by atoms with van der Waals surface area (Å²) in [6.07, 6.45) is 9.69. The van der Waals surface area contributed by atoms with Crippen molar-refractivity contribution in [3.8, 4) is 0 Å². The molecule has 0 aliphatic carbocycles. The van der Waals surface area contributed by atoms with Gasteiger partial charge in [-0.15, -0.1) is 0 Å². The molecule has 4 heterocycles. The molecule has 212 valence electrons. The van der Waals surface area contributed by atoms with Gasteiger partial charge in [-0.05, 0) is 50.9 Å². The van der Waals surface area contributed by atoms with Gasteiger partial charge in [0.2, 0.25) is 11.8 Å². The van der Waals surface area contributed by atoms with E-state index in [0.29, 0.717) is 19.4 Å². The van der Waals surface area contributed by atoms with Gasteiger partial charge < -0.3 is 24.4 Å². The Labute approximate surface area is 227 Å². The summed E-state index contributed by atoms with van der Waals surface area (Å²) < 4.78 is 12.3. The number of cyclic esters (lactones) is 1. The maximum Gasteiger partial charge on any atom is 0.312 e. The quantitative estimate of drug-likeness (QED) is 0.417. The Morgan fingerprint density at radius 1 is 1.11 bits per heavy atom. The van der Waals surface area contributed by atoms with Gasteiger partial charge in [-0.3, -0.25) is 14.4 Å². The number of ether oxygens (including phenoxy) is 2. The molecule has 0 bridgehead atoms. The fourth-order valence-corrected chi connectivity index (χ4v) is 7.34. The summed E-state index contributed by atoms with van der Waals surface area (Å²) in [7, 11) is 0. The summed E-state index contributed by atoms with van der Waals surface area (Å²) >= 11 is 0. The van der Waals surface area contributed by atoms with E-state index in [4.69, 9.17) is 9.47 Å². The van der Waals surface area contributed by atoms with Crippen LogP contribution in [0.2, 0.25) is 0 Å². The molecule has 6 atom stereocenters. The molecule has 4 aliphatic rings. The highest BCUT2D eigenvalue weighted by Gasteiger charge is 2.72. The second-order valence-corrected chi connectivity index (χ2v) is 13.7. The van der Waals surface area contributed by atoms with Gasteiger partial charge in [-0.1, -0.05) is 58.9 Å². The third-order valence-electron chi connectivity index (χ3n) is 8.33. The number of aliphatic hydroxyl groups excluding tert-OH is 1. The van der Waals surface area contributed by atoms with E-state index in [1.165, 1.54) is 0 Å². The Bertz CT molecular complexity index is 995. The van der Waals surface area contributed by atoms with Gasteiger partial charge in [0.05, 0.1) is 31.3 Å². The van der Waals surface area contributed by atoms with E-state index in [-0.39, 0.29) is 36.4 Å². The van der Waals surface area contributed by atoms with E-state index < -0.39 is 47.1 Å². The molecule has 4 rings (SSSR count). The highest BCUT2D eigenvalue weighted by atomic mass is 16.6. The zero-order chi connectivity index (χ0) is 28.0. The lowest BCUT2D eigenvalue weighted by Crippen LogP contribution is -2.61. The molecular weight excluding hydrogens is 484 g/mol. The molecule has 4 aliphatic heterocycles. The first-order valence-electron chi connectivity index (χ1n) is 14.2. The minimum atomic E-state index is -1.32. The number of hydrogen-bond donors (Lipinski definition) is 1. The van der Waals surface area contributed by atoms with Gasteiger partial charge >= 0.3 is 5.97 Å². The summed E-state index contributed by atoms with van der Waals surface area (Å²) in [4.78, 5) is 45.8. The van der Waals surface area contributed by atoms with Crippen molar-refractivity contribution in [2.75, 3.05) is 19.8 Å². The molecule has 2 saturated heterocycles. The molecule has 0 radical (unpaired) electrons. The number of carbonyl (C=O) groups excluding carboxylic acids is 3. The molecule has 1 unspecified atom stereocenters. The highest BCUT2D eigenvalue weighted by Crippen LogP contribution is 2.54. The second kappa shape index (κ2) is 10.4. The number of esters is 1. The third-order valence-corrected chi connectivity index (χ3v) is 8.33. The lowest BCUT2D eigenvalue weighted by atomic mass is 9.77. The van der Waals surface area contributed by atoms with E-state index in [9.17, 15) is 19.5 Å². The average Bonchev–Trinajstić information content (AvgIpc) is 3.20. The molecule has 1 spiro atoms. The number of likely N-dealkylation sites (tertiary alicyclic amines) is 1. The zero-order valence-electron chi connectivity index (χ0n) is 24.1. The minimum absolute atomic E-state index is 0.0289. The normalized spacial score (nSPS) is 33.7. The topological polar surface area (TPSA) is 96.4 Å². The van der Waals surface area contributed by atoms with Gasteiger partial charge in [-0.2, -0.15) is 0 Å². The van der Waals surface area contributed by atoms with Crippen LogP contribution in [0.3, 0.4) is 0 Å². The Balaban J connectivity index is 1.85. The van der Waals surface area contributed by atoms with Crippen LogP contribution in [0.15, 0.2) is 24.3 Å². The Hall–Kier alpha value is -2.19. The van der Waals surface area contributed by atoms with Gasteiger partial charge in [0.15, 0.2) is 0 Å². The van der Waals surface area contributed by atoms with Crippen LogP contribution < -0.4 is 0 Å². The SMILES string of the molecule is CC(C)C[C@H](CO)N1C(=O)[C@@H]2[C@H]3C(=O)OCCC/C=C\[C@H]3O[C@@]23C=CCN(C(C)(C)CC(C)(C)C)C(=O)C13. The van der Waals surface area contributed by atoms with Crippen molar-refractivity contribution in [3.05, 3.63) is 24.3 Å². The molecule has 0 aromatic heterocycles. The fraction of sp³-hybridized carbons (Fsp3) is 0.767. The van der Waals surface area contributed by atoms with Gasteiger partial charge in [-0.25, -0.2) is 0 Å². The van der Waals surface area contributed by atoms with Crippen molar-refractivity contribution in [2.24, 2.45) is 23.2 Å². The van der Waals surface area contributed by atoms with E-state index in [2.05, 4.69) is 34.6 Å². The van der Waals surface area contributed by atoms with Crippen molar-refractivity contribution in [3.63, 3.8) is 0 Å². The molecule has 0 saturated carbocycles. The van der Waals surface area contributed by atoms with Crippen molar-refractivity contribution in [1.29, 1.82) is 0 Å². The number of allylic oxidation sites excluding steroid dienone is 1. The number of amides is 2. The Kier molecular flexibility index (Phi) is 7.90. The van der Waals surface area contributed by atoms with Crippen molar-refractivity contribution in [1.82, 2.24) is 9.80 Å². The summed E-state index contributed by atoms with van der Waals surface area (Å²) in [6.45, 7) is 15.0. The lowest BCUT2D eigenvalue weighted by molar-refractivity contribution is -0.158. The molecule has 0 aromatic rings. The predicted molar refractivity (Wildman–Crippen MR) is 144 cm³/mol. The molecule has 2 fully saturated rings. The van der Waals surface area contributed by atoms with Gasteiger partial charge in [0.1, 0.15) is 17.6 Å². The predicted octanol–water partition coefficient (Wildman–Crippen LogP) is 3.48. The third kappa shape index (κ3) is 5.06. The maximum absolute atomic E-state index is 14.6. The van der Waals surface area contributed by atoms with E-state index >= 15 is 0 Å². The molecule has 38 heavy (non-hydrogen) atoms. The molecule has 8 nitrogen and oxygen atoms in total. The van der Waals surface area contributed by atoms with Crippen LogP contribution in [0.4, 0.5) is 0 Å². The van der Waals surface area contributed by atoms with Crippen LogP contribution in [-0.2, 0) is 23.9 Å². The number of aliphatic hydroxyl groups is 1. The van der Waals surface area contributed by atoms with E-state index in [1.54, 1.807) is 4.90 Å². The van der Waals surface area contributed by atoms with Crippen LogP contribution in [0.5, 0.6) is 0 Å². The van der Waals surface area contributed by atoms with Gasteiger partial charge in [0.25, 0.3) is 0 Å². The highest BCUT2D eigenvalue weighted by molar-refractivity contribution is 5.99. The molecule has 0 aromatic carbocycles. The zero-order valence-corrected chi connectivity index (χ0v) is 24.1. The van der Waals surface area contributed by atoms with E-state index in [0.717, 1.165) is 12.8 Å². The number of hydrogen-bond acceptors (Lipinski definition) is 6. The van der Waals surface area contributed by atoms with Crippen LogP contribution in [0.1, 0.15) is 74.1 Å². The largest absolute Gasteiger partial charge is 0.465 e. The summed E-state index contributed by atoms with van der Waals surface area (Å²) in [6, 6.07) is -1.55.